The minimum Gasteiger partial charge on any atom is -0.351 e. The van der Waals surface area contributed by atoms with Crippen molar-refractivity contribution in [1.29, 1.82) is 0 Å². The zero-order valence-electron chi connectivity index (χ0n) is 11.8. The normalized spacial score (nSPS) is 15.3. The van der Waals surface area contributed by atoms with Gasteiger partial charge in [-0.2, -0.15) is 0 Å². The van der Waals surface area contributed by atoms with Gasteiger partial charge < -0.3 is 10.6 Å². The number of hydrogen-bond donors (Lipinski definition) is 2. The molecule has 0 bridgehead atoms. The number of nitrogens with one attached hydrogen (secondary N) is 2. The zero-order valence-corrected chi connectivity index (χ0v) is 12.6. The first-order chi connectivity index (χ1) is 8.48. The number of rotatable bonds is 4. The van der Waals surface area contributed by atoms with Gasteiger partial charge in [-0.3, -0.25) is 4.79 Å². The summed E-state index contributed by atoms with van der Waals surface area (Å²) in [5.74, 6) is 0.327. The molecule has 106 valence electrons. The molecule has 19 heavy (non-hydrogen) atoms. The maximum absolute atomic E-state index is 12.0. The van der Waals surface area contributed by atoms with Crippen LogP contribution in [-0.4, -0.2) is 24.5 Å². The van der Waals surface area contributed by atoms with Crippen molar-refractivity contribution in [3.05, 3.63) is 35.4 Å². The molecule has 1 saturated heterocycles. The minimum absolute atomic E-state index is 0. The lowest BCUT2D eigenvalue weighted by Crippen LogP contribution is -2.55. The molecule has 1 heterocycles. The Morgan fingerprint density at radius 3 is 2.53 bits per heavy atom. The van der Waals surface area contributed by atoms with E-state index in [1.165, 1.54) is 11.1 Å². The van der Waals surface area contributed by atoms with Crippen molar-refractivity contribution < 1.29 is 4.79 Å². The molecular formula is C15H23ClN2O. The molecule has 0 atom stereocenters. The largest absolute Gasteiger partial charge is 0.351 e. The molecule has 0 spiro atoms. The Bertz CT molecular complexity index is 442. The van der Waals surface area contributed by atoms with Crippen molar-refractivity contribution in [2.24, 2.45) is 5.92 Å². The van der Waals surface area contributed by atoms with Gasteiger partial charge >= 0.3 is 0 Å². The molecule has 2 rings (SSSR count). The molecule has 1 aromatic rings. The van der Waals surface area contributed by atoms with Gasteiger partial charge in [0.25, 0.3) is 0 Å². The fourth-order valence-electron chi connectivity index (χ4n) is 2.24. The summed E-state index contributed by atoms with van der Waals surface area (Å²) in [5.41, 5.74) is 2.39. The molecule has 1 amide bonds. The third-order valence-corrected chi connectivity index (χ3v) is 3.51. The highest BCUT2D eigenvalue weighted by Crippen LogP contribution is 2.17. The van der Waals surface area contributed by atoms with Gasteiger partial charge in [0.15, 0.2) is 0 Å². The first-order valence-electron chi connectivity index (χ1n) is 6.55. The molecule has 1 aliphatic heterocycles. The topological polar surface area (TPSA) is 41.1 Å². The van der Waals surface area contributed by atoms with Crippen LogP contribution in [0.3, 0.4) is 0 Å². The third-order valence-electron chi connectivity index (χ3n) is 3.51. The number of halogens is 1. The van der Waals surface area contributed by atoms with Crippen LogP contribution in [0.2, 0.25) is 0 Å². The Morgan fingerprint density at radius 1 is 1.37 bits per heavy atom. The number of carbonyl (C=O) groups excluding carboxylic acids is 1. The van der Waals surface area contributed by atoms with E-state index in [0.29, 0.717) is 0 Å². The fraction of sp³-hybridized carbons (Fsp3) is 0.533. The Hall–Kier alpha value is -1.06. The van der Waals surface area contributed by atoms with Gasteiger partial charge in [0.1, 0.15) is 0 Å². The van der Waals surface area contributed by atoms with Gasteiger partial charge in [-0.1, -0.05) is 24.3 Å². The highest BCUT2D eigenvalue weighted by atomic mass is 35.5. The van der Waals surface area contributed by atoms with E-state index in [1.54, 1.807) is 0 Å². The van der Waals surface area contributed by atoms with E-state index in [9.17, 15) is 4.79 Å². The van der Waals surface area contributed by atoms with Crippen LogP contribution in [0.25, 0.3) is 0 Å². The molecule has 0 aliphatic carbocycles. The van der Waals surface area contributed by atoms with Crippen molar-refractivity contribution in [1.82, 2.24) is 10.6 Å². The maximum Gasteiger partial charge on any atom is 0.226 e. The summed E-state index contributed by atoms with van der Waals surface area (Å²) in [6.45, 7) is 7.91. The molecule has 3 nitrogen and oxygen atoms in total. The summed E-state index contributed by atoms with van der Waals surface area (Å²) in [5, 5.41) is 6.28. The van der Waals surface area contributed by atoms with Crippen LogP contribution in [0.4, 0.5) is 0 Å². The Morgan fingerprint density at radius 2 is 2.00 bits per heavy atom. The van der Waals surface area contributed by atoms with Crippen LogP contribution in [0.5, 0.6) is 0 Å². The number of amides is 1. The molecule has 2 N–H and O–H groups in total. The van der Waals surface area contributed by atoms with E-state index in [0.717, 1.165) is 19.5 Å². The lowest BCUT2D eigenvalue weighted by Gasteiger charge is -2.32. The second-order valence-electron chi connectivity index (χ2n) is 5.83. The van der Waals surface area contributed by atoms with Crippen LogP contribution in [0.1, 0.15) is 25.0 Å². The van der Waals surface area contributed by atoms with E-state index >= 15 is 0 Å². The van der Waals surface area contributed by atoms with Gasteiger partial charge in [0, 0.05) is 18.6 Å². The predicted octanol–water partition coefficient (Wildman–Crippen LogP) is 2.07. The fourth-order valence-corrected chi connectivity index (χ4v) is 2.24. The number of benzene rings is 1. The number of carbonyl (C=O) groups is 1. The SMILES string of the molecule is Cc1ccccc1CC(C)(C)NC(=O)C1CNC1.Cl. The van der Waals surface area contributed by atoms with Crippen LogP contribution in [-0.2, 0) is 11.2 Å². The Balaban J connectivity index is 0.00000180. The predicted molar refractivity (Wildman–Crippen MR) is 80.7 cm³/mol. The summed E-state index contributed by atoms with van der Waals surface area (Å²) in [6.07, 6.45) is 0.867. The van der Waals surface area contributed by atoms with E-state index in [-0.39, 0.29) is 29.8 Å². The maximum atomic E-state index is 12.0. The molecule has 1 fully saturated rings. The van der Waals surface area contributed by atoms with Crippen molar-refractivity contribution in [3.8, 4) is 0 Å². The Kier molecular flexibility index (Phi) is 5.39. The van der Waals surface area contributed by atoms with Crippen molar-refractivity contribution in [3.63, 3.8) is 0 Å². The smallest absolute Gasteiger partial charge is 0.226 e. The van der Waals surface area contributed by atoms with Gasteiger partial charge in [0.05, 0.1) is 5.92 Å². The lowest BCUT2D eigenvalue weighted by atomic mass is 9.91. The van der Waals surface area contributed by atoms with E-state index < -0.39 is 0 Å². The van der Waals surface area contributed by atoms with E-state index in [2.05, 4.69) is 49.6 Å². The van der Waals surface area contributed by atoms with Crippen LogP contribution in [0, 0.1) is 12.8 Å². The number of hydrogen-bond acceptors (Lipinski definition) is 2. The van der Waals surface area contributed by atoms with Gasteiger partial charge in [-0.25, -0.2) is 0 Å². The summed E-state index contributed by atoms with van der Waals surface area (Å²) in [6, 6.07) is 8.34. The summed E-state index contributed by atoms with van der Waals surface area (Å²) in [7, 11) is 0. The number of aryl methyl sites for hydroxylation is 1. The van der Waals surface area contributed by atoms with Crippen molar-refractivity contribution in [2.45, 2.75) is 32.7 Å². The molecule has 0 unspecified atom stereocenters. The molecule has 1 aromatic carbocycles. The quantitative estimate of drug-likeness (QED) is 0.888. The molecule has 1 aliphatic rings. The second-order valence-corrected chi connectivity index (χ2v) is 5.83. The Labute approximate surface area is 121 Å². The summed E-state index contributed by atoms with van der Waals surface area (Å²) >= 11 is 0. The van der Waals surface area contributed by atoms with Crippen molar-refractivity contribution in [2.75, 3.05) is 13.1 Å². The van der Waals surface area contributed by atoms with Crippen molar-refractivity contribution >= 4 is 18.3 Å². The van der Waals surface area contributed by atoms with Gasteiger partial charge in [-0.05, 0) is 38.3 Å². The van der Waals surface area contributed by atoms with Crippen LogP contribution in [0.15, 0.2) is 24.3 Å². The summed E-state index contributed by atoms with van der Waals surface area (Å²) < 4.78 is 0. The monoisotopic (exact) mass is 282 g/mol. The average Bonchev–Trinajstić information content (AvgIpc) is 2.17. The first-order valence-corrected chi connectivity index (χ1v) is 6.55. The molecule has 0 aromatic heterocycles. The average molecular weight is 283 g/mol. The highest BCUT2D eigenvalue weighted by Gasteiger charge is 2.29. The minimum atomic E-state index is -0.196. The molecule has 0 radical (unpaired) electrons. The van der Waals surface area contributed by atoms with E-state index in [1.807, 2.05) is 6.07 Å². The third kappa shape index (κ3) is 4.22. The first kappa shape index (κ1) is 16.0. The molecular weight excluding hydrogens is 260 g/mol. The van der Waals surface area contributed by atoms with Gasteiger partial charge in [0.2, 0.25) is 5.91 Å². The second kappa shape index (κ2) is 6.40. The zero-order chi connectivity index (χ0) is 13.2. The molecule has 4 heteroatoms. The van der Waals surface area contributed by atoms with E-state index in [4.69, 9.17) is 0 Å². The van der Waals surface area contributed by atoms with Gasteiger partial charge in [-0.15, -0.1) is 12.4 Å². The lowest BCUT2D eigenvalue weighted by molar-refractivity contribution is -0.128. The van der Waals surface area contributed by atoms with Crippen LogP contribution >= 0.6 is 12.4 Å². The summed E-state index contributed by atoms with van der Waals surface area (Å²) in [4.78, 5) is 12.0. The molecule has 0 saturated carbocycles. The highest BCUT2D eigenvalue weighted by molar-refractivity contribution is 5.85. The van der Waals surface area contributed by atoms with Crippen LogP contribution < -0.4 is 10.6 Å². The standard InChI is InChI=1S/C15H22N2O.ClH/c1-11-6-4-5-7-12(11)8-15(2,3)17-14(18)13-9-16-10-13;/h4-7,13,16H,8-10H2,1-3H3,(H,17,18);1H.